The van der Waals surface area contributed by atoms with Gasteiger partial charge in [-0.15, -0.1) is 0 Å². The van der Waals surface area contributed by atoms with Crippen LogP contribution >= 0.6 is 0 Å². The molecule has 116 valence electrons. The van der Waals surface area contributed by atoms with Crippen LogP contribution in [0.4, 0.5) is 0 Å². The van der Waals surface area contributed by atoms with Gasteiger partial charge in [0.2, 0.25) is 5.91 Å². The molecule has 4 nitrogen and oxygen atoms in total. The van der Waals surface area contributed by atoms with E-state index in [0.717, 1.165) is 27.8 Å². The van der Waals surface area contributed by atoms with Crippen molar-refractivity contribution in [2.75, 3.05) is 13.2 Å². The summed E-state index contributed by atoms with van der Waals surface area (Å²) in [6.07, 6.45) is 2.34. The van der Waals surface area contributed by atoms with Crippen molar-refractivity contribution in [3.63, 3.8) is 0 Å². The van der Waals surface area contributed by atoms with Crippen LogP contribution < -0.4 is 4.74 Å². The molecule has 2 aromatic carbocycles. The number of hydrogen-bond donors (Lipinski definition) is 1. The number of nitrogens with zero attached hydrogens (tertiary/aromatic N) is 1. The summed E-state index contributed by atoms with van der Waals surface area (Å²) >= 11 is 0. The van der Waals surface area contributed by atoms with E-state index in [9.17, 15) is 4.79 Å². The van der Waals surface area contributed by atoms with Crippen LogP contribution in [0.2, 0.25) is 0 Å². The summed E-state index contributed by atoms with van der Waals surface area (Å²) in [5.74, 6) is 1.02. The second-order valence-electron chi connectivity index (χ2n) is 5.81. The minimum absolute atomic E-state index is 0.134. The molecule has 1 aliphatic heterocycles. The maximum atomic E-state index is 12.7. The highest BCUT2D eigenvalue weighted by atomic mass is 16.5. The van der Waals surface area contributed by atoms with Gasteiger partial charge in [-0.2, -0.15) is 0 Å². The highest BCUT2D eigenvalue weighted by Crippen LogP contribution is 2.24. The molecule has 0 fully saturated rings. The van der Waals surface area contributed by atoms with Gasteiger partial charge in [-0.05, 0) is 17.7 Å². The Labute approximate surface area is 134 Å². The topological polar surface area (TPSA) is 45.3 Å². The van der Waals surface area contributed by atoms with Gasteiger partial charge in [0.25, 0.3) is 0 Å². The van der Waals surface area contributed by atoms with Crippen molar-refractivity contribution in [2.45, 2.75) is 13.0 Å². The lowest BCUT2D eigenvalue weighted by atomic mass is 10.1. The lowest BCUT2D eigenvalue weighted by Gasteiger charge is -2.19. The molecule has 0 radical (unpaired) electrons. The van der Waals surface area contributed by atoms with Crippen LogP contribution in [0.15, 0.2) is 54.7 Å². The number of para-hydroxylation sites is 2. The molecule has 3 aromatic rings. The Morgan fingerprint density at radius 3 is 2.91 bits per heavy atom. The third kappa shape index (κ3) is 2.68. The van der Waals surface area contributed by atoms with E-state index in [2.05, 4.69) is 11.1 Å². The summed E-state index contributed by atoms with van der Waals surface area (Å²) in [6, 6.07) is 16.0. The number of rotatable bonds is 2. The number of carbonyl (C=O) groups is 1. The van der Waals surface area contributed by atoms with E-state index in [1.165, 1.54) is 0 Å². The van der Waals surface area contributed by atoms with Gasteiger partial charge in [0.05, 0.1) is 13.0 Å². The zero-order chi connectivity index (χ0) is 15.6. The van der Waals surface area contributed by atoms with Gasteiger partial charge in [0, 0.05) is 29.2 Å². The van der Waals surface area contributed by atoms with E-state index in [0.29, 0.717) is 26.1 Å². The largest absolute Gasteiger partial charge is 0.491 e. The summed E-state index contributed by atoms with van der Waals surface area (Å²) in [5, 5.41) is 1.12. The average molecular weight is 306 g/mol. The van der Waals surface area contributed by atoms with Crippen LogP contribution in [-0.4, -0.2) is 28.9 Å². The minimum Gasteiger partial charge on any atom is -0.491 e. The van der Waals surface area contributed by atoms with Crippen LogP contribution in [0.1, 0.15) is 11.1 Å². The monoisotopic (exact) mass is 306 g/mol. The first-order chi connectivity index (χ1) is 11.3. The molecule has 0 spiro atoms. The van der Waals surface area contributed by atoms with Crippen molar-refractivity contribution in [3.8, 4) is 5.75 Å². The molecule has 1 amide bonds. The van der Waals surface area contributed by atoms with Gasteiger partial charge < -0.3 is 14.6 Å². The molecule has 0 unspecified atom stereocenters. The molecular formula is C19H18N2O2. The Bertz CT molecular complexity index is 853. The van der Waals surface area contributed by atoms with Crippen LogP contribution in [0.3, 0.4) is 0 Å². The molecule has 1 aromatic heterocycles. The minimum atomic E-state index is 0.134. The van der Waals surface area contributed by atoms with Gasteiger partial charge >= 0.3 is 0 Å². The smallest absolute Gasteiger partial charge is 0.227 e. The summed E-state index contributed by atoms with van der Waals surface area (Å²) in [5.41, 5.74) is 3.18. The summed E-state index contributed by atoms with van der Waals surface area (Å²) in [6.45, 7) is 1.77. The number of ether oxygens (including phenoxy) is 1. The zero-order valence-electron chi connectivity index (χ0n) is 12.8. The number of hydrogen-bond acceptors (Lipinski definition) is 2. The second kappa shape index (κ2) is 5.80. The third-order valence-electron chi connectivity index (χ3n) is 4.32. The highest BCUT2D eigenvalue weighted by molar-refractivity contribution is 5.88. The van der Waals surface area contributed by atoms with Crippen molar-refractivity contribution in [2.24, 2.45) is 0 Å². The quantitative estimate of drug-likeness (QED) is 0.790. The summed E-state index contributed by atoms with van der Waals surface area (Å²) in [4.78, 5) is 17.8. The fourth-order valence-corrected chi connectivity index (χ4v) is 3.09. The molecule has 0 aliphatic carbocycles. The summed E-state index contributed by atoms with van der Waals surface area (Å²) < 4.78 is 5.73. The maximum absolute atomic E-state index is 12.7. The summed E-state index contributed by atoms with van der Waals surface area (Å²) in [7, 11) is 0. The third-order valence-corrected chi connectivity index (χ3v) is 4.32. The maximum Gasteiger partial charge on any atom is 0.227 e. The average Bonchev–Trinajstić information content (AvgIpc) is 2.85. The molecule has 0 atom stereocenters. The molecular weight excluding hydrogens is 288 g/mol. The number of H-pyrrole nitrogens is 1. The molecule has 0 bridgehead atoms. The fraction of sp³-hybridized carbons (Fsp3) is 0.211. The Balaban J connectivity index is 1.55. The first kappa shape index (κ1) is 13.9. The Morgan fingerprint density at radius 1 is 1.13 bits per heavy atom. The van der Waals surface area contributed by atoms with Crippen LogP contribution in [0.5, 0.6) is 5.75 Å². The Hall–Kier alpha value is -2.75. The van der Waals surface area contributed by atoms with Gasteiger partial charge in [-0.1, -0.05) is 36.4 Å². The second-order valence-corrected chi connectivity index (χ2v) is 5.81. The molecule has 0 saturated heterocycles. The number of benzene rings is 2. The Morgan fingerprint density at radius 2 is 1.96 bits per heavy atom. The first-order valence-electron chi connectivity index (χ1n) is 7.85. The number of fused-ring (bicyclic) bond motifs is 2. The molecule has 4 rings (SSSR count). The number of aromatic nitrogens is 1. The number of carbonyl (C=O) groups excluding carboxylic acids is 1. The van der Waals surface area contributed by atoms with Gasteiger partial charge in [-0.25, -0.2) is 0 Å². The first-order valence-corrected chi connectivity index (χ1v) is 7.85. The molecule has 0 saturated carbocycles. The normalized spacial score (nSPS) is 14.2. The van der Waals surface area contributed by atoms with Gasteiger partial charge in [0.15, 0.2) is 0 Å². The van der Waals surface area contributed by atoms with E-state index >= 15 is 0 Å². The predicted octanol–water partition coefficient (Wildman–Crippen LogP) is 3.13. The lowest BCUT2D eigenvalue weighted by molar-refractivity contribution is -0.131. The molecule has 4 heteroatoms. The van der Waals surface area contributed by atoms with Crippen LogP contribution in [0.25, 0.3) is 10.9 Å². The molecule has 1 N–H and O–H groups in total. The van der Waals surface area contributed by atoms with E-state index in [4.69, 9.17) is 4.74 Å². The van der Waals surface area contributed by atoms with Crippen LogP contribution in [-0.2, 0) is 17.8 Å². The van der Waals surface area contributed by atoms with Gasteiger partial charge in [-0.3, -0.25) is 4.79 Å². The zero-order valence-corrected chi connectivity index (χ0v) is 12.8. The highest BCUT2D eigenvalue weighted by Gasteiger charge is 2.20. The Kier molecular flexibility index (Phi) is 3.50. The molecule has 1 aliphatic rings. The number of aromatic amines is 1. The van der Waals surface area contributed by atoms with E-state index in [1.54, 1.807) is 0 Å². The number of amides is 1. The van der Waals surface area contributed by atoms with Crippen molar-refractivity contribution in [1.82, 2.24) is 9.88 Å². The van der Waals surface area contributed by atoms with Crippen molar-refractivity contribution in [3.05, 3.63) is 65.9 Å². The van der Waals surface area contributed by atoms with Crippen molar-refractivity contribution >= 4 is 16.8 Å². The van der Waals surface area contributed by atoms with E-state index in [-0.39, 0.29) is 5.91 Å². The molecule has 2 heterocycles. The van der Waals surface area contributed by atoms with Gasteiger partial charge in [0.1, 0.15) is 12.4 Å². The van der Waals surface area contributed by atoms with E-state index < -0.39 is 0 Å². The molecule has 23 heavy (non-hydrogen) atoms. The lowest BCUT2D eigenvalue weighted by Crippen LogP contribution is -2.33. The SMILES string of the molecule is O=C(Cc1c[nH]c2ccccc12)N1CCOc2ccccc2C1. The van der Waals surface area contributed by atoms with Crippen molar-refractivity contribution < 1.29 is 9.53 Å². The van der Waals surface area contributed by atoms with Crippen LogP contribution in [0, 0.1) is 0 Å². The van der Waals surface area contributed by atoms with Crippen molar-refractivity contribution in [1.29, 1.82) is 0 Å². The predicted molar refractivity (Wildman–Crippen MR) is 89.4 cm³/mol. The number of nitrogens with one attached hydrogen (secondary N) is 1. The fourth-order valence-electron chi connectivity index (χ4n) is 3.09. The standard InChI is InChI=1S/C19H18N2O2/c22-19(11-15-12-20-17-7-3-2-6-16(15)17)21-9-10-23-18-8-4-1-5-14(18)13-21/h1-8,12,20H,9-11,13H2. The van der Waals surface area contributed by atoms with E-state index in [1.807, 2.05) is 53.6 Å².